The van der Waals surface area contributed by atoms with Crippen molar-refractivity contribution in [3.8, 4) is 0 Å². The van der Waals surface area contributed by atoms with E-state index in [1.165, 1.54) is 0 Å². The van der Waals surface area contributed by atoms with E-state index >= 15 is 4.79 Å². The first kappa shape index (κ1) is 35.8. The van der Waals surface area contributed by atoms with Crippen molar-refractivity contribution in [3.05, 3.63) is 58.6 Å². The van der Waals surface area contributed by atoms with Crippen molar-refractivity contribution < 1.29 is 33.8 Å². The normalized spacial score (nSPS) is 34.3. The number of fused-ring (bicyclic) bond motifs is 2. The van der Waals surface area contributed by atoms with E-state index in [9.17, 15) is 19.5 Å². The Morgan fingerprint density at radius 3 is 2.39 bits per heavy atom. The molecule has 3 fully saturated rings. The SMILES string of the molecule is CC(C)C[C@H](CO)N1C(=O)[C@@H]2[C@H]3C(=O)O[C@@H](c4ccccc4)[C@H](C)N(C)C(=O)CC/C=C\CN(C4CCCCC4)C(=O)[C@@H]1[C@]21C=C(Br)[C@H]3O1. The quantitative estimate of drug-likeness (QED) is 0.326. The molecule has 1 saturated carbocycles. The summed E-state index contributed by atoms with van der Waals surface area (Å²) in [6, 6.07) is 7.07. The van der Waals surface area contributed by atoms with Crippen molar-refractivity contribution in [1.29, 1.82) is 0 Å². The summed E-state index contributed by atoms with van der Waals surface area (Å²) >= 11 is 3.65. The number of aliphatic hydroxyl groups is 1. The van der Waals surface area contributed by atoms with E-state index in [-0.39, 0.29) is 42.7 Å². The third-order valence-electron chi connectivity index (χ3n) is 11.3. The molecule has 4 heterocycles. The standard InChI is InChI=1S/C38H50BrN3O7/c1-23(2)20-27(22-43)42-34-36(46)41(26-16-10-6-11-17-26)19-13-7-12-18-29(44)40(4)24(3)32(25-14-8-5-9-15-25)48-37(47)30-31(35(42)45)38(34)21-28(39)33(30)49-38/h5,7-9,13-15,21,23-24,26-27,30-34,43H,6,10-12,16-20,22H2,1-4H3/b13-7-/t24-,27+,30+,31-,32+,33+,34+,38-/m0/s1. The van der Waals surface area contributed by atoms with Crippen LogP contribution in [0.2, 0.25) is 0 Å². The molecular weight excluding hydrogens is 690 g/mol. The molecule has 4 aliphatic heterocycles. The van der Waals surface area contributed by atoms with Gasteiger partial charge in [0.2, 0.25) is 17.7 Å². The highest BCUT2D eigenvalue weighted by Gasteiger charge is 2.75. The summed E-state index contributed by atoms with van der Waals surface area (Å²) in [6.45, 7) is 5.91. The molecule has 3 amide bonds. The van der Waals surface area contributed by atoms with Crippen LogP contribution in [0.15, 0.2) is 53.0 Å². The maximum atomic E-state index is 15.2. The Bertz CT molecular complexity index is 1480. The van der Waals surface area contributed by atoms with Crippen LogP contribution in [0.1, 0.15) is 83.8 Å². The van der Waals surface area contributed by atoms with Crippen LogP contribution in [0.25, 0.3) is 0 Å². The van der Waals surface area contributed by atoms with Gasteiger partial charge in [-0.1, -0.05) is 91.5 Å². The van der Waals surface area contributed by atoms with Crippen molar-refractivity contribution in [2.24, 2.45) is 17.8 Å². The first-order chi connectivity index (χ1) is 23.5. The number of benzene rings is 1. The van der Waals surface area contributed by atoms with Crippen molar-refractivity contribution in [2.45, 2.75) is 114 Å². The summed E-state index contributed by atoms with van der Waals surface area (Å²) < 4.78 is 13.7. The Morgan fingerprint density at radius 1 is 1.00 bits per heavy atom. The van der Waals surface area contributed by atoms with Gasteiger partial charge in [-0.15, -0.1) is 0 Å². The highest BCUT2D eigenvalue weighted by Crippen LogP contribution is 2.59. The molecule has 266 valence electrons. The number of ether oxygens (including phenoxy) is 2. The van der Waals surface area contributed by atoms with Crippen molar-refractivity contribution in [1.82, 2.24) is 14.7 Å². The smallest absolute Gasteiger partial charge is 0.313 e. The van der Waals surface area contributed by atoms with Crippen LogP contribution in [0, 0.1) is 17.8 Å². The van der Waals surface area contributed by atoms with Crippen molar-refractivity contribution in [2.75, 3.05) is 20.2 Å². The maximum Gasteiger partial charge on any atom is 0.313 e. The van der Waals surface area contributed by atoms with E-state index in [1.807, 2.05) is 74.2 Å². The Balaban J connectivity index is 1.48. The molecule has 5 aliphatic rings. The lowest BCUT2D eigenvalue weighted by Gasteiger charge is -2.42. The van der Waals surface area contributed by atoms with Gasteiger partial charge in [0, 0.05) is 30.5 Å². The summed E-state index contributed by atoms with van der Waals surface area (Å²) in [5.74, 6) is -3.25. The molecule has 1 spiro atoms. The minimum absolute atomic E-state index is 0.0231. The van der Waals surface area contributed by atoms with Crippen LogP contribution in [0.4, 0.5) is 0 Å². The van der Waals surface area contributed by atoms with E-state index in [0.717, 1.165) is 37.7 Å². The molecule has 49 heavy (non-hydrogen) atoms. The van der Waals surface area contributed by atoms with E-state index in [2.05, 4.69) is 15.9 Å². The van der Waals surface area contributed by atoms with Crippen molar-refractivity contribution >= 4 is 39.6 Å². The summed E-state index contributed by atoms with van der Waals surface area (Å²) in [5.41, 5.74) is -0.696. The molecule has 6 rings (SSSR count). The van der Waals surface area contributed by atoms with Gasteiger partial charge in [-0.2, -0.15) is 0 Å². The molecule has 8 atom stereocenters. The number of cyclic esters (lactones) is 1. The number of amides is 3. The number of esters is 1. The maximum absolute atomic E-state index is 15.2. The van der Waals surface area contributed by atoms with Gasteiger partial charge in [0.25, 0.3) is 0 Å². The second-order valence-corrected chi connectivity index (χ2v) is 15.8. The molecule has 1 aromatic carbocycles. The highest BCUT2D eigenvalue weighted by molar-refractivity contribution is 9.11. The molecule has 0 radical (unpaired) electrons. The molecular formula is C38H50BrN3O7. The van der Waals surface area contributed by atoms with E-state index < -0.39 is 53.7 Å². The number of aliphatic hydroxyl groups excluding tert-OH is 1. The van der Waals surface area contributed by atoms with Crippen LogP contribution >= 0.6 is 15.9 Å². The first-order valence-electron chi connectivity index (χ1n) is 18.0. The average Bonchev–Trinajstić information content (AvgIpc) is 3.70. The monoisotopic (exact) mass is 739 g/mol. The van der Waals surface area contributed by atoms with Crippen LogP contribution in [-0.4, -0.2) is 99.6 Å². The predicted octanol–water partition coefficient (Wildman–Crippen LogP) is 4.91. The van der Waals surface area contributed by atoms with Gasteiger partial charge >= 0.3 is 5.97 Å². The summed E-state index contributed by atoms with van der Waals surface area (Å²) in [7, 11) is 1.72. The van der Waals surface area contributed by atoms with E-state index in [1.54, 1.807) is 16.8 Å². The van der Waals surface area contributed by atoms with E-state index in [0.29, 0.717) is 23.9 Å². The topological polar surface area (TPSA) is 117 Å². The minimum Gasteiger partial charge on any atom is -0.455 e. The van der Waals surface area contributed by atoms with Crippen LogP contribution in [0.3, 0.4) is 0 Å². The first-order valence-corrected chi connectivity index (χ1v) is 18.7. The number of carbonyl (C=O) groups is 4. The summed E-state index contributed by atoms with van der Waals surface area (Å²) in [5, 5.41) is 10.7. The number of carbonyl (C=O) groups excluding carboxylic acids is 4. The third kappa shape index (κ3) is 6.51. The van der Waals surface area contributed by atoms with Crippen LogP contribution in [0.5, 0.6) is 0 Å². The fraction of sp³-hybridized carbons (Fsp3) is 0.632. The molecule has 2 saturated heterocycles. The van der Waals surface area contributed by atoms with E-state index in [4.69, 9.17) is 9.47 Å². The lowest BCUT2D eigenvalue weighted by Crippen LogP contribution is -2.60. The van der Waals surface area contributed by atoms with Gasteiger partial charge in [0.05, 0.1) is 24.6 Å². The predicted molar refractivity (Wildman–Crippen MR) is 187 cm³/mol. The molecule has 1 aromatic rings. The number of hydrogen-bond donors (Lipinski definition) is 1. The van der Waals surface area contributed by atoms with Crippen LogP contribution in [-0.2, 0) is 28.7 Å². The molecule has 10 nitrogen and oxygen atoms in total. The number of hydrogen-bond acceptors (Lipinski definition) is 7. The zero-order chi connectivity index (χ0) is 35.0. The fourth-order valence-corrected chi connectivity index (χ4v) is 9.53. The lowest BCUT2D eigenvalue weighted by molar-refractivity contribution is -0.164. The number of allylic oxidation sites excluding steroid dienone is 1. The van der Waals surface area contributed by atoms with Gasteiger partial charge in [0.15, 0.2) is 0 Å². The molecule has 1 N–H and O–H groups in total. The molecule has 1 aliphatic carbocycles. The Labute approximate surface area is 298 Å². The second-order valence-electron chi connectivity index (χ2n) is 14.8. The van der Waals surface area contributed by atoms with Gasteiger partial charge in [-0.3, -0.25) is 19.2 Å². The second kappa shape index (κ2) is 14.7. The minimum atomic E-state index is -1.42. The number of rotatable bonds is 6. The van der Waals surface area contributed by atoms with Crippen molar-refractivity contribution in [3.63, 3.8) is 0 Å². The lowest BCUT2D eigenvalue weighted by atomic mass is 9.74. The summed E-state index contributed by atoms with van der Waals surface area (Å²) in [4.78, 5) is 63.0. The Hall–Kier alpha value is -3.02. The number of halogens is 1. The van der Waals surface area contributed by atoms with Gasteiger partial charge < -0.3 is 29.3 Å². The molecule has 0 unspecified atom stereocenters. The van der Waals surface area contributed by atoms with Gasteiger partial charge in [-0.05, 0) is 50.2 Å². The Morgan fingerprint density at radius 2 is 1.71 bits per heavy atom. The number of nitrogens with zero attached hydrogens (tertiary/aromatic N) is 3. The number of likely N-dealkylation sites (N-methyl/N-ethyl adjacent to an activating group) is 1. The fourth-order valence-electron chi connectivity index (χ4n) is 8.80. The zero-order valence-electron chi connectivity index (χ0n) is 29.0. The van der Waals surface area contributed by atoms with Crippen LogP contribution < -0.4 is 0 Å². The zero-order valence-corrected chi connectivity index (χ0v) is 30.6. The largest absolute Gasteiger partial charge is 0.455 e. The Kier molecular flexibility index (Phi) is 10.7. The molecule has 5 bridgehead atoms. The van der Waals surface area contributed by atoms with Gasteiger partial charge in [-0.25, -0.2) is 0 Å². The molecule has 0 aromatic heterocycles. The summed E-state index contributed by atoms with van der Waals surface area (Å²) in [6.07, 6.45) is 10.2. The highest BCUT2D eigenvalue weighted by atomic mass is 79.9. The number of likely N-dealkylation sites (tertiary alicyclic amines) is 1. The third-order valence-corrected chi connectivity index (χ3v) is 12.0. The van der Waals surface area contributed by atoms with Gasteiger partial charge in [0.1, 0.15) is 29.8 Å². The average molecular weight is 741 g/mol. The molecule has 11 heteroatoms.